The number of carbonyl (C=O) groups is 4. The molecule has 0 aliphatic carbocycles. The Morgan fingerprint density at radius 2 is 1.51 bits per heavy atom. The number of carbonyl (C=O) groups excluding carboxylic acids is 3. The number of nitrogens with two attached hydrogens (primary N) is 2. The van der Waals surface area contributed by atoms with Crippen LogP contribution in [0.4, 0.5) is 0 Å². The predicted molar refractivity (Wildman–Crippen MR) is 131 cm³/mol. The molecule has 11 nitrogen and oxygen atoms in total. The molecule has 0 fully saturated rings. The van der Waals surface area contributed by atoms with Crippen LogP contribution in [0.3, 0.4) is 0 Å². The van der Waals surface area contributed by atoms with Crippen molar-refractivity contribution in [1.29, 1.82) is 0 Å². The Balaban J connectivity index is 3.00. The van der Waals surface area contributed by atoms with Crippen LogP contribution < -0.4 is 27.4 Å². The number of rotatable bonds is 15. The molecule has 0 heterocycles. The van der Waals surface area contributed by atoms with Crippen LogP contribution in [0.5, 0.6) is 5.75 Å². The topological polar surface area (TPSA) is 197 Å². The van der Waals surface area contributed by atoms with E-state index < -0.39 is 47.9 Å². The molecule has 5 unspecified atom stereocenters. The van der Waals surface area contributed by atoms with E-state index in [2.05, 4.69) is 16.0 Å². The number of benzene rings is 1. The van der Waals surface area contributed by atoms with E-state index in [0.717, 1.165) is 0 Å². The minimum Gasteiger partial charge on any atom is -0.508 e. The van der Waals surface area contributed by atoms with Gasteiger partial charge in [-0.25, -0.2) is 4.79 Å². The molecule has 0 aliphatic rings. The summed E-state index contributed by atoms with van der Waals surface area (Å²) in [5, 5.41) is 26.9. The molecular formula is C24H39N5O6. The lowest BCUT2D eigenvalue weighted by atomic mass is 9.96. The lowest BCUT2D eigenvalue weighted by Gasteiger charge is -2.28. The van der Waals surface area contributed by atoms with Gasteiger partial charge in [0.1, 0.15) is 23.9 Å². The second kappa shape index (κ2) is 14.9. The third-order valence-corrected chi connectivity index (χ3v) is 5.78. The van der Waals surface area contributed by atoms with Crippen molar-refractivity contribution in [3.63, 3.8) is 0 Å². The van der Waals surface area contributed by atoms with Crippen LogP contribution in [-0.2, 0) is 25.6 Å². The Bertz CT molecular complexity index is 845. The number of amides is 3. The van der Waals surface area contributed by atoms with E-state index in [-0.39, 0.29) is 18.1 Å². The van der Waals surface area contributed by atoms with Crippen molar-refractivity contribution in [2.45, 2.75) is 77.0 Å². The van der Waals surface area contributed by atoms with Crippen LogP contribution in [0.2, 0.25) is 0 Å². The molecule has 0 radical (unpaired) electrons. The number of carboxylic acid groups (broad SMARTS) is 1. The predicted octanol–water partition coefficient (Wildman–Crippen LogP) is -0.00400. The lowest BCUT2D eigenvalue weighted by molar-refractivity contribution is -0.142. The van der Waals surface area contributed by atoms with Gasteiger partial charge in [0.05, 0.1) is 6.04 Å². The van der Waals surface area contributed by atoms with Crippen molar-refractivity contribution < 1.29 is 29.4 Å². The van der Waals surface area contributed by atoms with Gasteiger partial charge in [-0.05, 0) is 56.3 Å². The van der Waals surface area contributed by atoms with Gasteiger partial charge in [-0.2, -0.15) is 0 Å². The first-order chi connectivity index (χ1) is 16.5. The first-order valence-corrected chi connectivity index (χ1v) is 11.9. The molecule has 5 atom stereocenters. The van der Waals surface area contributed by atoms with Crippen molar-refractivity contribution in [1.82, 2.24) is 16.0 Å². The number of aliphatic carboxylic acids is 1. The summed E-state index contributed by atoms with van der Waals surface area (Å²) in [6.07, 6.45) is 2.09. The zero-order valence-electron chi connectivity index (χ0n) is 20.6. The maximum Gasteiger partial charge on any atom is 0.326 e. The van der Waals surface area contributed by atoms with Gasteiger partial charge in [-0.3, -0.25) is 14.4 Å². The lowest BCUT2D eigenvalue weighted by Crippen LogP contribution is -2.58. The second-order valence-corrected chi connectivity index (χ2v) is 8.78. The largest absolute Gasteiger partial charge is 0.508 e. The molecular weight excluding hydrogens is 454 g/mol. The summed E-state index contributed by atoms with van der Waals surface area (Å²) in [6, 6.07) is 2.01. The highest BCUT2D eigenvalue weighted by Crippen LogP contribution is 2.13. The van der Waals surface area contributed by atoms with E-state index >= 15 is 0 Å². The second-order valence-electron chi connectivity index (χ2n) is 8.78. The fourth-order valence-electron chi connectivity index (χ4n) is 3.35. The Hall–Kier alpha value is -3.18. The quantitative estimate of drug-likeness (QED) is 0.166. The summed E-state index contributed by atoms with van der Waals surface area (Å²) >= 11 is 0. The number of hydrogen-bond acceptors (Lipinski definition) is 7. The molecule has 9 N–H and O–H groups in total. The Morgan fingerprint density at radius 3 is 2.03 bits per heavy atom. The number of phenols is 1. The van der Waals surface area contributed by atoms with Crippen LogP contribution in [0.15, 0.2) is 24.3 Å². The summed E-state index contributed by atoms with van der Waals surface area (Å²) in [5.41, 5.74) is 11.8. The van der Waals surface area contributed by atoms with E-state index in [9.17, 15) is 29.4 Å². The number of unbranched alkanes of at least 4 members (excludes halogenated alkanes) is 1. The Kier molecular flexibility index (Phi) is 12.7. The fourth-order valence-corrected chi connectivity index (χ4v) is 3.35. The molecule has 35 heavy (non-hydrogen) atoms. The molecule has 0 aliphatic heterocycles. The van der Waals surface area contributed by atoms with E-state index in [4.69, 9.17) is 11.5 Å². The summed E-state index contributed by atoms with van der Waals surface area (Å²) < 4.78 is 0. The van der Waals surface area contributed by atoms with E-state index in [0.29, 0.717) is 37.8 Å². The van der Waals surface area contributed by atoms with Crippen molar-refractivity contribution in [2.75, 3.05) is 6.54 Å². The molecule has 0 spiro atoms. The number of hydrogen-bond donors (Lipinski definition) is 7. The number of nitrogens with one attached hydrogen (secondary N) is 3. The van der Waals surface area contributed by atoms with Gasteiger partial charge in [0, 0.05) is 6.42 Å². The molecule has 11 heteroatoms. The summed E-state index contributed by atoms with van der Waals surface area (Å²) in [7, 11) is 0. The van der Waals surface area contributed by atoms with Crippen LogP contribution in [-0.4, -0.2) is 64.6 Å². The van der Waals surface area contributed by atoms with Crippen molar-refractivity contribution >= 4 is 23.7 Å². The zero-order chi connectivity index (χ0) is 26.5. The van der Waals surface area contributed by atoms with Gasteiger partial charge in [-0.1, -0.05) is 32.4 Å². The molecule has 1 aromatic rings. The van der Waals surface area contributed by atoms with E-state index in [1.807, 2.05) is 6.92 Å². The van der Waals surface area contributed by atoms with Crippen molar-refractivity contribution in [2.24, 2.45) is 17.4 Å². The van der Waals surface area contributed by atoms with Gasteiger partial charge in [-0.15, -0.1) is 0 Å². The van der Waals surface area contributed by atoms with Gasteiger partial charge in [0.15, 0.2) is 0 Å². The number of phenolic OH excluding ortho intramolecular Hbond substituents is 1. The van der Waals surface area contributed by atoms with Crippen LogP contribution in [0.1, 0.15) is 52.0 Å². The van der Waals surface area contributed by atoms with Gasteiger partial charge in [0.2, 0.25) is 17.7 Å². The highest BCUT2D eigenvalue weighted by molar-refractivity contribution is 5.94. The smallest absolute Gasteiger partial charge is 0.326 e. The summed E-state index contributed by atoms with van der Waals surface area (Å²) in [4.78, 5) is 50.1. The highest BCUT2D eigenvalue weighted by Gasteiger charge is 2.32. The first kappa shape index (κ1) is 29.9. The fraction of sp³-hybridized carbons (Fsp3) is 0.583. The summed E-state index contributed by atoms with van der Waals surface area (Å²) in [6.45, 7) is 5.55. The van der Waals surface area contributed by atoms with E-state index in [1.165, 1.54) is 19.1 Å². The van der Waals surface area contributed by atoms with Crippen LogP contribution in [0, 0.1) is 5.92 Å². The molecule has 0 bridgehead atoms. The molecule has 0 saturated heterocycles. The maximum absolute atomic E-state index is 13.1. The monoisotopic (exact) mass is 493 g/mol. The van der Waals surface area contributed by atoms with Gasteiger partial charge in [0.25, 0.3) is 0 Å². The highest BCUT2D eigenvalue weighted by atomic mass is 16.4. The third kappa shape index (κ3) is 10.3. The average Bonchev–Trinajstić information content (AvgIpc) is 2.81. The Labute approximate surface area is 206 Å². The average molecular weight is 494 g/mol. The molecule has 196 valence electrons. The van der Waals surface area contributed by atoms with Crippen LogP contribution in [0.25, 0.3) is 0 Å². The van der Waals surface area contributed by atoms with Gasteiger partial charge >= 0.3 is 5.97 Å². The Morgan fingerprint density at radius 1 is 0.914 bits per heavy atom. The molecule has 1 rings (SSSR count). The molecule has 0 aromatic heterocycles. The zero-order valence-corrected chi connectivity index (χ0v) is 20.6. The maximum atomic E-state index is 13.1. The minimum atomic E-state index is -1.24. The van der Waals surface area contributed by atoms with Gasteiger partial charge < -0.3 is 37.6 Å². The standard InChI is InChI=1S/C24H39N5O6/c1-4-14(2)20(29-22(32)18(7-5-6-12-25)27-21(31)15(3)26)23(33)28-19(24(34)35)13-16-8-10-17(30)11-9-16/h8-11,14-15,18-20,30H,4-7,12-13,25-26H2,1-3H3,(H,27,31)(H,28,33)(H,29,32)(H,34,35). The molecule has 1 aromatic carbocycles. The number of aromatic hydroxyl groups is 1. The third-order valence-electron chi connectivity index (χ3n) is 5.78. The van der Waals surface area contributed by atoms with E-state index in [1.54, 1.807) is 19.1 Å². The summed E-state index contributed by atoms with van der Waals surface area (Å²) in [5.74, 6) is -3.19. The molecule has 0 saturated carbocycles. The number of carboxylic acids is 1. The van der Waals surface area contributed by atoms with Crippen molar-refractivity contribution in [3.05, 3.63) is 29.8 Å². The van der Waals surface area contributed by atoms with Crippen molar-refractivity contribution in [3.8, 4) is 5.75 Å². The SMILES string of the molecule is CCC(C)C(NC(=O)C(CCCCN)NC(=O)C(C)N)C(=O)NC(Cc1ccc(O)cc1)C(=O)O. The minimum absolute atomic E-state index is 0.00527. The van der Waals surface area contributed by atoms with Crippen LogP contribution >= 0.6 is 0 Å². The molecule has 3 amide bonds. The first-order valence-electron chi connectivity index (χ1n) is 11.9. The normalized spacial score (nSPS) is 15.2.